The summed E-state index contributed by atoms with van der Waals surface area (Å²) in [5, 5.41) is 9.34. The van der Waals surface area contributed by atoms with Crippen molar-refractivity contribution in [2.75, 3.05) is 52.4 Å². The first-order valence-electron chi connectivity index (χ1n) is 11.3. The van der Waals surface area contributed by atoms with Gasteiger partial charge in [0.2, 0.25) is 17.4 Å². The molecule has 2 heterocycles. The lowest BCUT2D eigenvalue weighted by molar-refractivity contribution is -0.129. The number of carbonyl (C=O) groups excluding carboxylic acids is 2. The van der Waals surface area contributed by atoms with Gasteiger partial charge in [-0.2, -0.15) is 0 Å². The van der Waals surface area contributed by atoms with Crippen LogP contribution >= 0.6 is 0 Å². The molecule has 2 aromatic carbocycles. The van der Waals surface area contributed by atoms with Crippen molar-refractivity contribution < 1.29 is 23.8 Å². The van der Waals surface area contributed by atoms with Gasteiger partial charge in [0, 0.05) is 38.7 Å². The zero-order chi connectivity index (χ0) is 25.1. The maximum atomic E-state index is 13.8. The Labute approximate surface area is 204 Å². The molecule has 1 amide bonds. The third-order valence-electron chi connectivity index (χ3n) is 6.09. The lowest BCUT2D eigenvalue weighted by Gasteiger charge is -2.34. The standard InChI is InChI=1S/C25H29N5O5/c1-16-8-6-7-9-19(16)30-26-22(25(27-30)29-12-10-28(11-13-29)17(2)31)23(32)18-14-20(33-3)24(35-5)21(15-18)34-4/h6-9,14-15H,10-13H2,1-5H3. The molecule has 0 spiro atoms. The van der Waals surface area contributed by atoms with Gasteiger partial charge in [0.25, 0.3) is 0 Å². The van der Waals surface area contributed by atoms with Crippen LogP contribution in [0.3, 0.4) is 0 Å². The molecule has 0 unspecified atom stereocenters. The fourth-order valence-corrected chi connectivity index (χ4v) is 4.14. The number of aromatic nitrogens is 3. The molecule has 10 nitrogen and oxygen atoms in total. The Morgan fingerprint density at radius 2 is 1.51 bits per heavy atom. The van der Waals surface area contributed by atoms with E-state index in [9.17, 15) is 9.59 Å². The number of nitrogens with zero attached hydrogens (tertiary/aromatic N) is 5. The first-order valence-corrected chi connectivity index (χ1v) is 11.3. The summed E-state index contributed by atoms with van der Waals surface area (Å²) in [5.74, 6) is 1.32. The van der Waals surface area contributed by atoms with Crippen molar-refractivity contribution in [2.45, 2.75) is 13.8 Å². The van der Waals surface area contributed by atoms with E-state index < -0.39 is 0 Å². The molecule has 4 rings (SSSR count). The number of hydrogen-bond acceptors (Lipinski definition) is 8. The Kier molecular flexibility index (Phi) is 6.90. The molecule has 0 N–H and O–H groups in total. The lowest BCUT2D eigenvalue weighted by atomic mass is 10.1. The molecule has 0 aliphatic carbocycles. The molecular weight excluding hydrogens is 450 g/mol. The van der Waals surface area contributed by atoms with E-state index >= 15 is 0 Å². The summed E-state index contributed by atoms with van der Waals surface area (Å²) in [6, 6.07) is 10.9. The monoisotopic (exact) mass is 479 g/mol. The molecule has 0 bridgehead atoms. The first-order chi connectivity index (χ1) is 16.9. The van der Waals surface area contributed by atoms with Gasteiger partial charge in [-0.05, 0) is 30.7 Å². The number of para-hydroxylation sites is 1. The van der Waals surface area contributed by atoms with Gasteiger partial charge in [0.05, 0.1) is 27.0 Å². The summed E-state index contributed by atoms with van der Waals surface area (Å²) in [7, 11) is 4.51. The zero-order valence-corrected chi connectivity index (χ0v) is 20.6. The van der Waals surface area contributed by atoms with Gasteiger partial charge >= 0.3 is 0 Å². The van der Waals surface area contributed by atoms with Gasteiger partial charge in [-0.1, -0.05) is 18.2 Å². The molecule has 3 aromatic rings. The van der Waals surface area contributed by atoms with Crippen molar-refractivity contribution in [3.63, 3.8) is 0 Å². The van der Waals surface area contributed by atoms with Gasteiger partial charge in [-0.3, -0.25) is 9.59 Å². The number of hydrogen-bond donors (Lipinski definition) is 0. The van der Waals surface area contributed by atoms with Crippen LogP contribution in [0.1, 0.15) is 28.5 Å². The third kappa shape index (κ3) is 4.64. The van der Waals surface area contributed by atoms with Crippen LogP contribution in [0.2, 0.25) is 0 Å². The van der Waals surface area contributed by atoms with Crippen molar-refractivity contribution in [1.82, 2.24) is 19.9 Å². The normalized spacial score (nSPS) is 13.5. The number of carbonyl (C=O) groups is 2. The van der Waals surface area contributed by atoms with Gasteiger partial charge in [-0.15, -0.1) is 15.0 Å². The Balaban J connectivity index is 1.79. The second-order valence-electron chi connectivity index (χ2n) is 8.18. The summed E-state index contributed by atoms with van der Waals surface area (Å²) in [5.41, 5.74) is 2.29. The predicted molar refractivity (Wildman–Crippen MR) is 130 cm³/mol. The molecule has 1 aromatic heterocycles. The molecule has 184 valence electrons. The van der Waals surface area contributed by atoms with Crippen LogP contribution in [0, 0.1) is 6.92 Å². The largest absolute Gasteiger partial charge is 0.493 e. The molecule has 0 saturated carbocycles. The second kappa shape index (κ2) is 10.0. The predicted octanol–water partition coefficient (Wildman–Crippen LogP) is 2.50. The lowest BCUT2D eigenvalue weighted by Crippen LogP contribution is -2.48. The molecule has 1 saturated heterocycles. The number of aryl methyl sites for hydroxylation is 1. The highest BCUT2D eigenvalue weighted by atomic mass is 16.5. The Morgan fingerprint density at radius 3 is 2.06 bits per heavy atom. The number of benzene rings is 2. The number of piperazine rings is 1. The molecule has 1 aliphatic heterocycles. The maximum Gasteiger partial charge on any atom is 0.219 e. The van der Waals surface area contributed by atoms with Crippen LogP contribution in [0.25, 0.3) is 5.69 Å². The summed E-state index contributed by atoms with van der Waals surface area (Å²) >= 11 is 0. The first kappa shape index (κ1) is 24.1. The van der Waals surface area contributed by atoms with E-state index in [0.29, 0.717) is 54.8 Å². The molecule has 0 atom stereocenters. The van der Waals surface area contributed by atoms with E-state index in [1.54, 1.807) is 24.0 Å². The van der Waals surface area contributed by atoms with Crippen LogP contribution in [-0.4, -0.2) is 79.1 Å². The fourth-order valence-electron chi connectivity index (χ4n) is 4.14. The van der Waals surface area contributed by atoms with Crippen LogP contribution in [0.5, 0.6) is 17.2 Å². The van der Waals surface area contributed by atoms with E-state index in [0.717, 1.165) is 11.3 Å². The number of ether oxygens (including phenoxy) is 3. The van der Waals surface area contributed by atoms with Crippen LogP contribution in [-0.2, 0) is 4.79 Å². The SMILES string of the molecule is COc1cc(C(=O)c2nn(-c3ccccc3C)nc2N2CCN(C(C)=O)CC2)cc(OC)c1OC. The summed E-state index contributed by atoms with van der Waals surface area (Å²) in [6.45, 7) is 5.70. The van der Waals surface area contributed by atoms with Crippen molar-refractivity contribution in [1.29, 1.82) is 0 Å². The van der Waals surface area contributed by atoms with Gasteiger partial charge in [-0.25, -0.2) is 0 Å². The molecule has 1 fully saturated rings. The van der Waals surface area contributed by atoms with E-state index in [2.05, 4.69) is 5.10 Å². The van der Waals surface area contributed by atoms with Gasteiger partial charge in [0.15, 0.2) is 23.0 Å². The summed E-state index contributed by atoms with van der Waals surface area (Å²) in [4.78, 5) is 30.8. The average molecular weight is 480 g/mol. The minimum Gasteiger partial charge on any atom is -0.493 e. The van der Waals surface area contributed by atoms with E-state index in [1.165, 1.54) is 26.1 Å². The third-order valence-corrected chi connectivity index (χ3v) is 6.09. The molecule has 10 heteroatoms. The molecular formula is C25H29N5O5. The zero-order valence-electron chi connectivity index (χ0n) is 20.6. The summed E-state index contributed by atoms with van der Waals surface area (Å²) < 4.78 is 16.2. The number of amides is 1. The van der Waals surface area contributed by atoms with Crippen LogP contribution in [0.15, 0.2) is 36.4 Å². The number of anilines is 1. The Morgan fingerprint density at radius 1 is 0.886 bits per heavy atom. The van der Waals surface area contributed by atoms with Crippen LogP contribution < -0.4 is 19.1 Å². The topological polar surface area (TPSA) is 99.0 Å². The van der Waals surface area contributed by atoms with E-state index in [-0.39, 0.29) is 17.4 Å². The molecule has 35 heavy (non-hydrogen) atoms. The van der Waals surface area contributed by atoms with Gasteiger partial charge in [0.1, 0.15) is 0 Å². The Bertz CT molecular complexity index is 1220. The molecule has 0 radical (unpaired) electrons. The Hall–Kier alpha value is -4.08. The quantitative estimate of drug-likeness (QED) is 0.477. The highest BCUT2D eigenvalue weighted by molar-refractivity contribution is 6.11. The fraction of sp³-hybridized carbons (Fsp3) is 0.360. The van der Waals surface area contributed by atoms with Crippen molar-refractivity contribution >= 4 is 17.5 Å². The van der Waals surface area contributed by atoms with Gasteiger partial charge < -0.3 is 24.0 Å². The van der Waals surface area contributed by atoms with E-state index in [4.69, 9.17) is 19.3 Å². The minimum absolute atomic E-state index is 0.0296. The van der Waals surface area contributed by atoms with Crippen molar-refractivity contribution in [3.8, 4) is 22.9 Å². The molecule has 1 aliphatic rings. The highest BCUT2D eigenvalue weighted by Crippen LogP contribution is 2.39. The second-order valence-corrected chi connectivity index (χ2v) is 8.18. The van der Waals surface area contributed by atoms with Crippen molar-refractivity contribution in [3.05, 3.63) is 53.2 Å². The number of rotatable bonds is 7. The van der Waals surface area contributed by atoms with Crippen molar-refractivity contribution in [2.24, 2.45) is 0 Å². The van der Waals surface area contributed by atoms with Crippen LogP contribution in [0.4, 0.5) is 5.82 Å². The highest BCUT2D eigenvalue weighted by Gasteiger charge is 2.29. The number of ketones is 1. The van der Waals surface area contributed by atoms with E-state index in [1.807, 2.05) is 36.1 Å². The number of methoxy groups -OCH3 is 3. The minimum atomic E-state index is -0.326. The average Bonchev–Trinajstić information content (AvgIpc) is 3.32. The summed E-state index contributed by atoms with van der Waals surface area (Å²) in [6.07, 6.45) is 0. The maximum absolute atomic E-state index is 13.8. The smallest absolute Gasteiger partial charge is 0.219 e.